The Morgan fingerprint density at radius 3 is 2.43 bits per heavy atom. The SMILES string of the molecule is Cc1ccc(Sc2ccc(Br)cc2C2(O)CCNCC2)c(C)c1. The van der Waals surface area contributed by atoms with Crippen LogP contribution in [0.2, 0.25) is 0 Å². The number of halogens is 1. The number of benzene rings is 2. The molecule has 2 aromatic rings. The van der Waals surface area contributed by atoms with Crippen LogP contribution in [0.15, 0.2) is 50.7 Å². The Labute approximate surface area is 150 Å². The Balaban J connectivity index is 1.99. The fraction of sp³-hybridized carbons (Fsp3) is 0.368. The van der Waals surface area contributed by atoms with Crippen LogP contribution in [0.4, 0.5) is 0 Å². The van der Waals surface area contributed by atoms with Crippen molar-refractivity contribution in [1.82, 2.24) is 5.32 Å². The quantitative estimate of drug-likeness (QED) is 0.788. The van der Waals surface area contributed by atoms with Crippen molar-refractivity contribution in [2.75, 3.05) is 13.1 Å². The molecule has 0 spiro atoms. The molecular formula is C19H22BrNOS. The molecule has 1 saturated heterocycles. The average molecular weight is 392 g/mol. The molecule has 0 saturated carbocycles. The molecule has 4 heteroatoms. The molecule has 2 N–H and O–H groups in total. The van der Waals surface area contributed by atoms with Crippen molar-refractivity contribution in [3.05, 3.63) is 57.6 Å². The molecule has 2 aromatic carbocycles. The fourth-order valence-electron chi connectivity index (χ4n) is 3.10. The van der Waals surface area contributed by atoms with Gasteiger partial charge in [-0.25, -0.2) is 0 Å². The molecule has 0 aromatic heterocycles. The zero-order chi connectivity index (χ0) is 16.4. The van der Waals surface area contributed by atoms with Crippen molar-refractivity contribution >= 4 is 27.7 Å². The van der Waals surface area contributed by atoms with E-state index in [0.717, 1.165) is 40.9 Å². The van der Waals surface area contributed by atoms with Gasteiger partial charge in [-0.05, 0) is 75.2 Å². The van der Waals surface area contributed by atoms with Crippen LogP contribution in [0.3, 0.4) is 0 Å². The summed E-state index contributed by atoms with van der Waals surface area (Å²) in [5.41, 5.74) is 2.86. The number of rotatable bonds is 3. The first-order chi connectivity index (χ1) is 11.0. The molecule has 0 amide bonds. The molecule has 23 heavy (non-hydrogen) atoms. The lowest BCUT2D eigenvalue weighted by atomic mass is 9.85. The van der Waals surface area contributed by atoms with Crippen LogP contribution < -0.4 is 5.32 Å². The van der Waals surface area contributed by atoms with Gasteiger partial charge in [0.1, 0.15) is 0 Å². The molecule has 1 aliphatic heterocycles. The van der Waals surface area contributed by atoms with Gasteiger partial charge in [-0.2, -0.15) is 0 Å². The lowest BCUT2D eigenvalue weighted by molar-refractivity contribution is 0.00345. The van der Waals surface area contributed by atoms with Crippen molar-refractivity contribution in [3.63, 3.8) is 0 Å². The van der Waals surface area contributed by atoms with Crippen molar-refractivity contribution < 1.29 is 5.11 Å². The molecule has 0 unspecified atom stereocenters. The average Bonchev–Trinajstić information content (AvgIpc) is 2.52. The minimum atomic E-state index is -0.740. The highest BCUT2D eigenvalue weighted by atomic mass is 79.9. The van der Waals surface area contributed by atoms with E-state index in [4.69, 9.17) is 0 Å². The molecule has 1 heterocycles. The highest BCUT2D eigenvalue weighted by Crippen LogP contribution is 2.41. The minimum absolute atomic E-state index is 0.740. The summed E-state index contributed by atoms with van der Waals surface area (Å²) in [4.78, 5) is 2.39. The zero-order valence-corrected chi connectivity index (χ0v) is 15.9. The standard InChI is InChI=1S/C19H22BrNOS/c1-13-3-5-17(14(2)11-13)23-18-6-4-15(20)12-16(18)19(22)7-9-21-10-8-19/h3-6,11-12,21-22H,7-10H2,1-2H3. The second-order valence-corrected chi connectivity index (χ2v) is 8.29. The summed E-state index contributed by atoms with van der Waals surface area (Å²) in [6, 6.07) is 12.8. The lowest BCUT2D eigenvalue weighted by Crippen LogP contribution is -2.40. The monoisotopic (exact) mass is 391 g/mol. The van der Waals surface area contributed by atoms with E-state index in [1.54, 1.807) is 11.8 Å². The smallest absolute Gasteiger partial charge is 0.0932 e. The van der Waals surface area contributed by atoms with Gasteiger partial charge in [0.05, 0.1) is 5.60 Å². The van der Waals surface area contributed by atoms with Gasteiger partial charge in [-0.1, -0.05) is 45.4 Å². The largest absolute Gasteiger partial charge is 0.385 e. The van der Waals surface area contributed by atoms with E-state index in [-0.39, 0.29) is 0 Å². The Bertz CT molecular complexity index is 711. The van der Waals surface area contributed by atoms with Gasteiger partial charge in [0, 0.05) is 14.3 Å². The normalized spacial score (nSPS) is 17.2. The van der Waals surface area contributed by atoms with Crippen molar-refractivity contribution in [3.8, 4) is 0 Å². The van der Waals surface area contributed by atoms with E-state index < -0.39 is 5.60 Å². The first-order valence-electron chi connectivity index (χ1n) is 7.96. The number of aryl methyl sites for hydroxylation is 2. The lowest BCUT2D eigenvalue weighted by Gasteiger charge is -2.34. The Morgan fingerprint density at radius 2 is 1.74 bits per heavy atom. The van der Waals surface area contributed by atoms with Gasteiger partial charge in [0.25, 0.3) is 0 Å². The minimum Gasteiger partial charge on any atom is -0.385 e. The van der Waals surface area contributed by atoms with Crippen LogP contribution in [-0.4, -0.2) is 18.2 Å². The zero-order valence-electron chi connectivity index (χ0n) is 13.5. The van der Waals surface area contributed by atoms with E-state index in [0.29, 0.717) is 0 Å². The van der Waals surface area contributed by atoms with Crippen LogP contribution in [0.25, 0.3) is 0 Å². The topological polar surface area (TPSA) is 32.3 Å². The highest BCUT2D eigenvalue weighted by Gasteiger charge is 2.33. The molecule has 2 nitrogen and oxygen atoms in total. The maximum absolute atomic E-state index is 11.2. The summed E-state index contributed by atoms with van der Waals surface area (Å²) in [6.07, 6.45) is 1.51. The summed E-state index contributed by atoms with van der Waals surface area (Å²) in [5.74, 6) is 0. The van der Waals surface area contributed by atoms with Gasteiger partial charge in [-0.15, -0.1) is 0 Å². The number of piperidine rings is 1. The summed E-state index contributed by atoms with van der Waals surface area (Å²) < 4.78 is 1.02. The van der Waals surface area contributed by atoms with E-state index in [1.807, 2.05) is 0 Å². The van der Waals surface area contributed by atoms with Gasteiger partial charge in [0.15, 0.2) is 0 Å². The fourth-order valence-corrected chi connectivity index (χ4v) is 4.55. The van der Waals surface area contributed by atoms with Crippen LogP contribution in [0, 0.1) is 13.8 Å². The van der Waals surface area contributed by atoms with Gasteiger partial charge in [-0.3, -0.25) is 0 Å². The Hall–Kier alpha value is -0.810. The van der Waals surface area contributed by atoms with E-state index in [1.165, 1.54) is 16.0 Å². The number of nitrogens with one attached hydrogen (secondary N) is 1. The Kier molecular flexibility index (Phi) is 5.16. The maximum atomic E-state index is 11.2. The number of aliphatic hydroxyl groups is 1. The van der Waals surface area contributed by atoms with E-state index in [2.05, 4.69) is 71.5 Å². The molecule has 0 atom stereocenters. The first kappa shape index (κ1) is 17.0. The summed E-state index contributed by atoms with van der Waals surface area (Å²) in [7, 11) is 0. The number of hydrogen-bond donors (Lipinski definition) is 2. The van der Waals surface area contributed by atoms with Crippen LogP contribution in [0.1, 0.15) is 29.5 Å². The molecule has 1 fully saturated rings. The van der Waals surface area contributed by atoms with Gasteiger partial charge >= 0.3 is 0 Å². The predicted octanol–water partition coefficient (Wildman–Crippen LogP) is 4.79. The third-order valence-corrected chi connectivity index (χ3v) is 6.17. The summed E-state index contributed by atoms with van der Waals surface area (Å²) >= 11 is 5.31. The van der Waals surface area contributed by atoms with E-state index >= 15 is 0 Å². The molecule has 122 valence electrons. The van der Waals surface area contributed by atoms with Crippen LogP contribution >= 0.6 is 27.7 Å². The third-order valence-electron chi connectivity index (χ3n) is 4.42. The predicted molar refractivity (Wildman–Crippen MR) is 100 cm³/mol. The second kappa shape index (κ2) is 6.98. The van der Waals surface area contributed by atoms with Crippen molar-refractivity contribution in [2.24, 2.45) is 0 Å². The van der Waals surface area contributed by atoms with Crippen LogP contribution in [-0.2, 0) is 5.60 Å². The molecule has 0 aliphatic carbocycles. The molecule has 0 radical (unpaired) electrons. The van der Waals surface area contributed by atoms with Gasteiger partial charge < -0.3 is 10.4 Å². The summed E-state index contributed by atoms with van der Waals surface area (Å²) in [6.45, 7) is 5.98. The summed E-state index contributed by atoms with van der Waals surface area (Å²) in [5, 5.41) is 14.5. The third kappa shape index (κ3) is 3.82. The second-order valence-electron chi connectivity index (χ2n) is 6.29. The molecular weight excluding hydrogens is 370 g/mol. The molecule has 3 rings (SSSR count). The van der Waals surface area contributed by atoms with Crippen molar-refractivity contribution in [1.29, 1.82) is 0 Å². The molecule has 0 bridgehead atoms. The van der Waals surface area contributed by atoms with Gasteiger partial charge in [0.2, 0.25) is 0 Å². The van der Waals surface area contributed by atoms with Crippen LogP contribution in [0.5, 0.6) is 0 Å². The van der Waals surface area contributed by atoms with Crippen molar-refractivity contribution in [2.45, 2.75) is 42.1 Å². The van der Waals surface area contributed by atoms with E-state index in [9.17, 15) is 5.11 Å². The molecule has 1 aliphatic rings. The first-order valence-corrected chi connectivity index (χ1v) is 9.57. The highest BCUT2D eigenvalue weighted by molar-refractivity contribution is 9.10. The maximum Gasteiger partial charge on any atom is 0.0932 e. The number of hydrogen-bond acceptors (Lipinski definition) is 3. The Morgan fingerprint density at radius 1 is 1.04 bits per heavy atom.